The lowest BCUT2D eigenvalue weighted by atomic mass is 9.96. The molecule has 2 aromatic heterocycles. The van der Waals surface area contributed by atoms with Crippen LogP contribution in [0.5, 0.6) is 5.75 Å². The van der Waals surface area contributed by atoms with Gasteiger partial charge in [0, 0.05) is 72.4 Å². The van der Waals surface area contributed by atoms with Gasteiger partial charge in [-0.3, -0.25) is 0 Å². The highest BCUT2D eigenvalue weighted by Crippen LogP contribution is 2.49. The van der Waals surface area contributed by atoms with E-state index in [2.05, 4.69) is 199 Å². The number of phenolic OH excluding ortho intramolecular Hbond substituents is 1. The molecule has 5 heteroatoms. The fourth-order valence-electron chi connectivity index (χ4n) is 10.6. The number of aromatic hydroxyl groups is 1. The van der Waals surface area contributed by atoms with Crippen LogP contribution in [0.3, 0.4) is 0 Å². The van der Waals surface area contributed by atoms with Gasteiger partial charge >= 0.3 is 0 Å². The third kappa shape index (κ3) is 6.85. The Morgan fingerprint density at radius 1 is 0.414 bits per heavy atom. The first-order valence-corrected chi connectivity index (χ1v) is 24.0. The second-order valence-electron chi connectivity index (χ2n) is 18.1. The highest BCUT2D eigenvalue weighted by atomic mass is 16.3. The van der Waals surface area contributed by atoms with Crippen LogP contribution < -0.4 is 9.80 Å². The fourth-order valence-corrected chi connectivity index (χ4v) is 10.6. The zero-order chi connectivity index (χ0) is 46.7. The molecular formula is C65H46N2O3. The summed E-state index contributed by atoms with van der Waals surface area (Å²) in [6, 6.07) is 73.9. The second-order valence-corrected chi connectivity index (χ2v) is 18.1. The Hall–Kier alpha value is -9.06. The van der Waals surface area contributed by atoms with E-state index >= 15 is 0 Å². The monoisotopic (exact) mass is 902 g/mol. The normalized spacial score (nSPS) is 12.6. The second kappa shape index (κ2) is 16.9. The summed E-state index contributed by atoms with van der Waals surface area (Å²) >= 11 is 0. The Bertz CT molecular complexity index is 4050. The number of anilines is 5. The van der Waals surface area contributed by atoms with Crippen molar-refractivity contribution in [2.24, 2.45) is 0 Å². The molecule has 334 valence electrons. The summed E-state index contributed by atoms with van der Waals surface area (Å²) in [4.78, 5) is 4.64. The van der Waals surface area contributed by atoms with Crippen LogP contribution in [0.25, 0.3) is 88.0 Å². The molecule has 0 amide bonds. The van der Waals surface area contributed by atoms with Gasteiger partial charge in [-0.1, -0.05) is 170 Å². The number of allylic oxidation sites excluding steroid dienone is 3. The quantitative estimate of drug-likeness (QED) is 0.156. The molecule has 13 rings (SSSR count). The number of aryl methyl sites for hydroxylation is 1. The first-order chi connectivity index (χ1) is 34.6. The maximum Gasteiger partial charge on any atom is 0.159 e. The van der Waals surface area contributed by atoms with Gasteiger partial charge in [0.1, 0.15) is 22.5 Å². The van der Waals surface area contributed by atoms with E-state index in [1.807, 2.05) is 48.5 Å². The summed E-state index contributed by atoms with van der Waals surface area (Å²) in [5.41, 5.74) is 16.2. The van der Waals surface area contributed by atoms with E-state index in [9.17, 15) is 5.11 Å². The molecular weight excluding hydrogens is 857 g/mol. The highest BCUT2D eigenvalue weighted by Gasteiger charge is 2.25. The molecule has 0 saturated carbocycles. The minimum atomic E-state index is 0.259. The fraction of sp³-hybridized carbons (Fsp3) is 0.0462. The topological polar surface area (TPSA) is 53.0 Å². The van der Waals surface area contributed by atoms with Gasteiger partial charge in [0.15, 0.2) is 5.58 Å². The Labute approximate surface area is 405 Å². The number of phenols is 1. The molecule has 0 saturated heterocycles. The Kier molecular flexibility index (Phi) is 9.95. The van der Waals surface area contributed by atoms with Crippen LogP contribution in [0.1, 0.15) is 18.4 Å². The summed E-state index contributed by atoms with van der Waals surface area (Å²) in [7, 11) is 0. The zero-order valence-electron chi connectivity index (χ0n) is 38.5. The van der Waals surface area contributed by atoms with Gasteiger partial charge in [0.2, 0.25) is 0 Å². The van der Waals surface area contributed by atoms with E-state index in [1.165, 1.54) is 5.56 Å². The van der Waals surface area contributed by atoms with E-state index in [0.29, 0.717) is 0 Å². The largest absolute Gasteiger partial charge is 0.507 e. The summed E-state index contributed by atoms with van der Waals surface area (Å²) in [6.07, 6.45) is 8.70. The number of furan rings is 2. The van der Waals surface area contributed by atoms with Crippen molar-refractivity contribution >= 4 is 83.1 Å². The molecule has 2 heterocycles. The first-order valence-electron chi connectivity index (χ1n) is 24.0. The van der Waals surface area contributed by atoms with E-state index in [0.717, 1.165) is 135 Å². The number of nitrogens with zero attached hydrogens (tertiary/aromatic N) is 2. The Morgan fingerprint density at radius 2 is 1.04 bits per heavy atom. The number of rotatable bonds is 9. The maximum absolute atomic E-state index is 11.8. The predicted molar refractivity (Wildman–Crippen MR) is 291 cm³/mol. The van der Waals surface area contributed by atoms with Crippen LogP contribution in [-0.4, -0.2) is 5.11 Å². The molecule has 1 N–H and O–H groups in total. The number of fused-ring (bicyclic) bond motifs is 8. The van der Waals surface area contributed by atoms with Crippen molar-refractivity contribution in [1.82, 2.24) is 0 Å². The van der Waals surface area contributed by atoms with Crippen molar-refractivity contribution in [3.8, 4) is 39.1 Å². The van der Waals surface area contributed by atoms with Crippen LogP contribution in [0, 0.1) is 6.92 Å². The third-order valence-corrected chi connectivity index (χ3v) is 13.9. The molecule has 1 aliphatic carbocycles. The molecule has 0 unspecified atom stereocenters. The number of hydrogen-bond acceptors (Lipinski definition) is 5. The van der Waals surface area contributed by atoms with Crippen molar-refractivity contribution in [2.75, 3.05) is 9.80 Å². The maximum atomic E-state index is 11.8. The van der Waals surface area contributed by atoms with Gasteiger partial charge in [-0.05, 0) is 102 Å². The summed E-state index contributed by atoms with van der Waals surface area (Å²) in [5, 5.41) is 18.2. The average Bonchev–Trinajstić information content (AvgIpc) is 3.99. The van der Waals surface area contributed by atoms with Crippen LogP contribution in [0.15, 0.2) is 245 Å². The minimum Gasteiger partial charge on any atom is -0.507 e. The van der Waals surface area contributed by atoms with Crippen LogP contribution in [0.4, 0.5) is 28.4 Å². The van der Waals surface area contributed by atoms with E-state index < -0.39 is 0 Å². The summed E-state index contributed by atoms with van der Waals surface area (Å²) in [6.45, 7) is 2.15. The summed E-state index contributed by atoms with van der Waals surface area (Å²) < 4.78 is 14.0. The molecule has 0 atom stereocenters. The molecule has 0 fully saturated rings. The predicted octanol–water partition coefficient (Wildman–Crippen LogP) is 18.5. The van der Waals surface area contributed by atoms with Crippen molar-refractivity contribution in [3.63, 3.8) is 0 Å². The standard InChI is InChI=1S/C65H46N2O3/c1-42-19-11-12-28-49(42)54-33-17-34-55-56-35-18-36-58(65(56)70-64(54)55)66(45-23-7-3-8-24-45)48-37-38-60-57(40-48)62-53-30-14-13-29-52(53)59(41-61(62)69-60)67(46-25-9-4-10-26-46)47-27-15-22-44(39-47)51-32-16-31-50(63(51)68)43-20-5-2-6-21-43/h2-3,5-9,11-41,68H,4,10H2,1H3. The molecule has 5 nitrogen and oxygen atoms in total. The van der Waals surface area contributed by atoms with Gasteiger partial charge in [-0.15, -0.1) is 0 Å². The van der Waals surface area contributed by atoms with Crippen LogP contribution in [0.2, 0.25) is 0 Å². The van der Waals surface area contributed by atoms with Crippen molar-refractivity contribution in [3.05, 3.63) is 242 Å². The molecule has 10 aromatic carbocycles. The van der Waals surface area contributed by atoms with Gasteiger partial charge < -0.3 is 23.7 Å². The van der Waals surface area contributed by atoms with E-state index in [-0.39, 0.29) is 5.75 Å². The number of benzene rings is 10. The Morgan fingerprint density at radius 3 is 1.86 bits per heavy atom. The highest BCUT2D eigenvalue weighted by molar-refractivity contribution is 6.23. The lowest BCUT2D eigenvalue weighted by Crippen LogP contribution is -2.16. The van der Waals surface area contributed by atoms with Gasteiger partial charge in [0.05, 0.1) is 11.4 Å². The molecule has 70 heavy (non-hydrogen) atoms. The average molecular weight is 903 g/mol. The molecule has 0 radical (unpaired) electrons. The van der Waals surface area contributed by atoms with Crippen molar-refractivity contribution in [1.29, 1.82) is 0 Å². The third-order valence-electron chi connectivity index (χ3n) is 13.9. The van der Waals surface area contributed by atoms with Gasteiger partial charge in [-0.25, -0.2) is 0 Å². The van der Waals surface area contributed by atoms with Gasteiger partial charge in [-0.2, -0.15) is 0 Å². The SMILES string of the molecule is Cc1ccccc1-c1cccc2c1oc1c(N(c3ccccc3)c3ccc4oc5cc(N(C6=CCCC=C6)c6cccc(-c7cccc(-c8ccccc8)c7O)c6)c6ccccc6c5c4c3)cccc12. The molecule has 0 spiro atoms. The number of hydrogen-bond donors (Lipinski definition) is 1. The van der Waals surface area contributed by atoms with Crippen molar-refractivity contribution in [2.45, 2.75) is 19.8 Å². The van der Waals surface area contributed by atoms with Crippen molar-refractivity contribution < 1.29 is 13.9 Å². The number of para-hydroxylation sites is 4. The zero-order valence-corrected chi connectivity index (χ0v) is 38.5. The lowest BCUT2D eigenvalue weighted by Gasteiger charge is -2.29. The smallest absolute Gasteiger partial charge is 0.159 e. The molecule has 0 aliphatic heterocycles. The molecule has 12 aromatic rings. The van der Waals surface area contributed by atoms with E-state index in [4.69, 9.17) is 8.83 Å². The van der Waals surface area contributed by atoms with E-state index in [1.54, 1.807) is 0 Å². The molecule has 1 aliphatic rings. The molecule has 0 bridgehead atoms. The first kappa shape index (κ1) is 41.2. The minimum absolute atomic E-state index is 0.259. The summed E-state index contributed by atoms with van der Waals surface area (Å²) in [5.74, 6) is 0.259. The Balaban J connectivity index is 0.979. The van der Waals surface area contributed by atoms with Crippen LogP contribution >= 0.6 is 0 Å². The lowest BCUT2D eigenvalue weighted by molar-refractivity contribution is 0.479. The van der Waals surface area contributed by atoms with Crippen LogP contribution in [-0.2, 0) is 0 Å². The van der Waals surface area contributed by atoms with Gasteiger partial charge in [0.25, 0.3) is 0 Å².